The van der Waals surface area contributed by atoms with Crippen LogP contribution in [0.25, 0.3) is 0 Å². The first-order chi connectivity index (χ1) is 25.7. The number of phenolic OH excluding ortho intramolecular Hbond substituents is 2. The molecule has 1 saturated heterocycles. The van der Waals surface area contributed by atoms with Crippen molar-refractivity contribution in [2.45, 2.75) is 90.1 Å². The summed E-state index contributed by atoms with van der Waals surface area (Å²) in [5, 5.41) is 67.0. The molecule has 1 heterocycles. The highest BCUT2D eigenvalue weighted by atomic mass is 16.7. The smallest absolute Gasteiger partial charge is 0.342 e. The Balaban J connectivity index is 1.50. The molecular weight excluding hydrogens is 706 g/mol. The Morgan fingerprint density at radius 3 is 2.19 bits per heavy atom. The van der Waals surface area contributed by atoms with E-state index in [0.717, 1.165) is 36.5 Å². The number of hydrogen-bond donors (Lipinski definition) is 7. The standard InChI is InChI=1S/C39H51NO14/c1-7-22-9-8-10-23(15-22)13-14-51-36-31(41)25(17-29(50-6)33(36)43)38(48)52-19-30-32(42)34(44)35(45)39(54-30)53-28-18-26(40-21(4)12-11-20(2)3)24(37(46)47)16-27(28)49-5/h8-10,15-18,20-21,30,32,34-35,39-45H,7,11-14,19H2,1-6H3,(H,46,47)/t21-,30-,32-,34+,35-,39-/m1/s1. The second-order valence-electron chi connectivity index (χ2n) is 13.5. The number of carbonyl (C=O) groups is 2. The van der Waals surface area contributed by atoms with Gasteiger partial charge in [-0.05, 0) is 43.2 Å². The highest BCUT2D eigenvalue weighted by Crippen LogP contribution is 2.46. The van der Waals surface area contributed by atoms with Gasteiger partial charge in [-0.2, -0.15) is 0 Å². The molecule has 296 valence electrons. The summed E-state index contributed by atoms with van der Waals surface area (Å²) in [4.78, 5) is 25.4. The van der Waals surface area contributed by atoms with Crippen molar-refractivity contribution in [2.75, 3.05) is 32.8 Å². The molecule has 0 aromatic heterocycles. The minimum Gasteiger partial charge on any atom is -0.504 e. The molecule has 0 unspecified atom stereocenters. The van der Waals surface area contributed by atoms with Crippen molar-refractivity contribution < 1.29 is 68.6 Å². The Morgan fingerprint density at radius 1 is 0.852 bits per heavy atom. The number of rotatable bonds is 18. The number of benzene rings is 3. The van der Waals surface area contributed by atoms with Crippen LogP contribution in [0.2, 0.25) is 0 Å². The van der Waals surface area contributed by atoms with Gasteiger partial charge in [0.15, 0.2) is 23.0 Å². The summed E-state index contributed by atoms with van der Waals surface area (Å²) < 4.78 is 33.3. The third-order valence-electron chi connectivity index (χ3n) is 9.07. The summed E-state index contributed by atoms with van der Waals surface area (Å²) >= 11 is 0. The molecule has 0 aliphatic carbocycles. The second kappa shape index (κ2) is 18.9. The lowest BCUT2D eigenvalue weighted by Crippen LogP contribution is -2.60. The molecule has 15 nitrogen and oxygen atoms in total. The van der Waals surface area contributed by atoms with Crippen molar-refractivity contribution in [3.05, 3.63) is 64.7 Å². The van der Waals surface area contributed by atoms with Gasteiger partial charge < -0.3 is 64.4 Å². The second-order valence-corrected chi connectivity index (χ2v) is 13.5. The van der Waals surface area contributed by atoms with Gasteiger partial charge in [0.05, 0.1) is 32.1 Å². The molecule has 3 aromatic carbocycles. The van der Waals surface area contributed by atoms with Crippen molar-refractivity contribution in [1.29, 1.82) is 0 Å². The summed E-state index contributed by atoms with van der Waals surface area (Å²) in [5.74, 6) is -3.81. The van der Waals surface area contributed by atoms with Gasteiger partial charge in [0.2, 0.25) is 17.8 Å². The molecule has 4 rings (SSSR count). The van der Waals surface area contributed by atoms with Gasteiger partial charge in [-0.15, -0.1) is 0 Å². The Kier molecular flexibility index (Phi) is 14.6. The maximum Gasteiger partial charge on any atom is 0.342 e. The van der Waals surface area contributed by atoms with Crippen LogP contribution in [0.3, 0.4) is 0 Å². The molecule has 6 atom stereocenters. The summed E-state index contributed by atoms with van der Waals surface area (Å²) in [6.07, 6.45) is -5.55. The van der Waals surface area contributed by atoms with E-state index in [1.54, 1.807) is 0 Å². The number of anilines is 1. The predicted molar refractivity (Wildman–Crippen MR) is 196 cm³/mol. The van der Waals surface area contributed by atoms with E-state index in [9.17, 15) is 40.2 Å². The fourth-order valence-corrected chi connectivity index (χ4v) is 5.88. The van der Waals surface area contributed by atoms with Crippen LogP contribution >= 0.6 is 0 Å². The summed E-state index contributed by atoms with van der Waals surface area (Å²) in [6, 6.07) is 11.4. The number of phenols is 2. The van der Waals surface area contributed by atoms with Crippen molar-refractivity contribution >= 4 is 17.6 Å². The minimum absolute atomic E-state index is 0.0172. The number of aliphatic hydroxyl groups is 3. The van der Waals surface area contributed by atoms with Gasteiger partial charge in [0.1, 0.15) is 36.6 Å². The Morgan fingerprint density at radius 2 is 1.54 bits per heavy atom. The van der Waals surface area contributed by atoms with E-state index in [0.29, 0.717) is 12.3 Å². The Bertz CT molecular complexity index is 1750. The van der Waals surface area contributed by atoms with E-state index in [1.807, 2.05) is 38.1 Å². The number of methoxy groups -OCH3 is 2. The number of aromatic carboxylic acids is 1. The van der Waals surface area contributed by atoms with E-state index < -0.39 is 72.1 Å². The Labute approximate surface area is 314 Å². The van der Waals surface area contributed by atoms with Gasteiger partial charge in [0.25, 0.3) is 0 Å². The number of aromatic hydroxyl groups is 2. The molecule has 3 aromatic rings. The lowest BCUT2D eigenvalue weighted by atomic mass is 9.99. The predicted octanol–water partition coefficient (Wildman–Crippen LogP) is 4.28. The average molecular weight is 758 g/mol. The highest BCUT2D eigenvalue weighted by molar-refractivity contribution is 5.96. The van der Waals surface area contributed by atoms with E-state index in [4.69, 9.17) is 28.4 Å². The Hall–Kier alpha value is -4.96. The summed E-state index contributed by atoms with van der Waals surface area (Å²) in [5.41, 5.74) is 1.79. The van der Waals surface area contributed by atoms with Crippen LogP contribution in [0.15, 0.2) is 42.5 Å². The topological polar surface area (TPSA) is 223 Å². The molecule has 0 spiro atoms. The van der Waals surface area contributed by atoms with Crippen molar-refractivity contribution in [3.8, 4) is 34.5 Å². The van der Waals surface area contributed by atoms with Crippen LogP contribution in [0.1, 0.15) is 72.4 Å². The first-order valence-corrected chi connectivity index (χ1v) is 17.8. The lowest BCUT2D eigenvalue weighted by molar-refractivity contribution is -0.277. The van der Waals surface area contributed by atoms with Crippen molar-refractivity contribution in [3.63, 3.8) is 0 Å². The molecule has 7 N–H and O–H groups in total. The number of nitrogens with one attached hydrogen (secondary N) is 1. The van der Waals surface area contributed by atoms with E-state index in [-0.39, 0.29) is 41.1 Å². The first-order valence-electron chi connectivity index (χ1n) is 17.8. The number of hydrogen-bond acceptors (Lipinski definition) is 14. The monoisotopic (exact) mass is 757 g/mol. The molecule has 0 bridgehead atoms. The van der Waals surface area contributed by atoms with Crippen LogP contribution in [0.5, 0.6) is 34.5 Å². The zero-order valence-electron chi connectivity index (χ0n) is 31.3. The van der Waals surface area contributed by atoms with E-state index in [2.05, 4.69) is 19.2 Å². The average Bonchev–Trinajstić information content (AvgIpc) is 3.15. The van der Waals surface area contributed by atoms with Crippen molar-refractivity contribution in [1.82, 2.24) is 0 Å². The van der Waals surface area contributed by atoms with Crippen LogP contribution in [-0.4, -0.2) is 107 Å². The number of carboxylic acid groups (broad SMARTS) is 1. The molecule has 1 aliphatic rings. The maximum absolute atomic E-state index is 13.3. The third-order valence-corrected chi connectivity index (χ3v) is 9.07. The van der Waals surface area contributed by atoms with Gasteiger partial charge in [-0.1, -0.05) is 45.0 Å². The number of aliphatic hydroxyl groups excluding tert-OH is 3. The van der Waals surface area contributed by atoms with Crippen molar-refractivity contribution in [2.24, 2.45) is 5.92 Å². The summed E-state index contributed by atoms with van der Waals surface area (Å²) in [6.45, 7) is 7.46. The molecule has 0 amide bonds. The minimum atomic E-state index is -1.83. The number of carbonyl (C=O) groups excluding carboxylic acids is 1. The van der Waals surface area contributed by atoms with Crippen LogP contribution < -0.4 is 24.3 Å². The first kappa shape index (κ1) is 41.8. The normalized spacial score (nSPS) is 20.2. The molecular formula is C39H51NO14. The molecule has 0 saturated carbocycles. The molecule has 54 heavy (non-hydrogen) atoms. The molecule has 0 radical (unpaired) electrons. The largest absolute Gasteiger partial charge is 0.504 e. The van der Waals surface area contributed by atoms with Gasteiger partial charge in [-0.3, -0.25) is 0 Å². The summed E-state index contributed by atoms with van der Waals surface area (Å²) in [7, 11) is 2.54. The number of aryl methyl sites for hydroxylation is 1. The fraction of sp³-hybridized carbons (Fsp3) is 0.487. The van der Waals surface area contributed by atoms with E-state index in [1.165, 1.54) is 26.4 Å². The lowest BCUT2D eigenvalue weighted by Gasteiger charge is -2.40. The number of carboxylic acids is 1. The quantitative estimate of drug-likeness (QED) is 0.0900. The van der Waals surface area contributed by atoms with Gasteiger partial charge >= 0.3 is 11.9 Å². The van der Waals surface area contributed by atoms with Gasteiger partial charge in [-0.25, -0.2) is 9.59 Å². The zero-order valence-corrected chi connectivity index (χ0v) is 31.3. The van der Waals surface area contributed by atoms with Gasteiger partial charge in [0, 0.05) is 30.7 Å². The van der Waals surface area contributed by atoms with Crippen LogP contribution in [0, 0.1) is 5.92 Å². The maximum atomic E-state index is 13.3. The molecule has 1 aliphatic heterocycles. The molecule has 1 fully saturated rings. The molecule has 15 heteroatoms. The van der Waals surface area contributed by atoms with Crippen LogP contribution in [-0.2, 0) is 22.3 Å². The van der Waals surface area contributed by atoms with E-state index >= 15 is 0 Å². The number of esters is 1. The number of ether oxygens (including phenoxy) is 6. The zero-order chi connectivity index (χ0) is 39.7. The highest BCUT2D eigenvalue weighted by Gasteiger charge is 2.46. The van der Waals surface area contributed by atoms with Crippen LogP contribution in [0.4, 0.5) is 5.69 Å². The SMILES string of the molecule is CCc1cccc(CCOc2c(O)c(OC)cc(C(=O)OC[C@H]3O[C@@H](Oc4cc(N[C@H](C)CCC(C)C)c(C(=O)O)cc4OC)[C@H](O)[C@@H](O)[C@@H]3O)c2O)c1. The fourth-order valence-electron chi connectivity index (χ4n) is 5.88. The third kappa shape index (κ3) is 10.2.